The van der Waals surface area contributed by atoms with Crippen LogP contribution in [-0.2, 0) is 0 Å². The summed E-state index contributed by atoms with van der Waals surface area (Å²) in [5, 5.41) is 1.96. The topological polar surface area (TPSA) is 103 Å². The van der Waals surface area contributed by atoms with Crippen molar-refractivity contribution < 1.29 is 0 Å². The Kier molecular flexibility index (Phi) is 5.09. The van der Waals surface area contributed by atoms with Gasteiger partial charge >= 0.3 is 0 Å². The number of para-hydroxylation sites is 4. The molecule has 188 valence electrons. The molecule has 8 aromatic rings. The second kappa shape index (κ2) is 9.06. The second-order valence-electron chi connectivity index (χ2n) is 9.62. The van der Waals surface area contributed by atoms with Crippen molar-refractivity contribution in [2.24, 2.45) is 0 Å². The fourth-order valence-electron chi connectivity index (χ4n) is 5.02. The van der Waals surface area contributed by atoms with Crippen LogP contribution in [0.3, 0.4) is 0 Å². The first-order valence-electron chi connectivity index (χ1n) is 13.1. The summed E-state index contributed by atoms with van der Waals surface area (Å²) >= 11 is 0. The zero-order valence-electron chi connectivity index (χ0n) is 21.2. The molecule has 0 atom stereocenters. The maximum Gasteiger partial charge on any atom is 0.0917 e. The molecule has 0 radical (unpaired) electrons. The van der Waals surface area contributed by atoms with Crippen LogP contribution in [0.5, 0.6) is 0 Å². The summed E-state index contributed by atoms with van der Waals surface area (Å²) in [6.45, 7) is 0. The van der Waals surface area contributed by atoms with E-state index in [-0.39, 0.29) is 0 Å². The predicted octanol–water partition coefficient (Wildman–Crippen LogP) is 4.81. The summed E-state index contributed by atoms with van der Waals surface area (Å²) in [4.78, 5) is 36.6. The molecule has 0 fully saturated rings. The Labute approximate surface area is 226 Å². The van der Waals surface area contributed by atoms with Gasteiger partial charge in [-0.05, 0) is 61.4 Å². The van der Waals surface area contributed by atoms with E-state index in [0.717, 1.165) is 89.7 Å². The molecule has 8 nitrogen and oxygen atoms in total. The van der Waals surface area contributed by atoms with Crippen molar-refractivity contribution in [3.05, 3.63) is 95.9 Å². The number of benzene rings is 4. The molecule has 0 unspecified atom stereocenters. The molecule has 0 saturated heterocycles. The molecule has 0 aliphatic heterocycles. The van der Waals surface area contributed by atoms with Crippen LogP contribution in [0.15, 0.2) is 85.2 Å². The summed E-state index contributed by atoms with van der Waals surface area (Å²) < 4.78 is 0. The van der Waals surface area contributed by atoms with E-state index in [9.17, 15) is 0 Å². The zero-order chi connectivity index (χ0) is 26.5. The van der Waals surface area contributed by atoms with Crippen LogP contribution in [-0.4, -0.2) is 39.9 Å². The minimum atomic E-state index is 0.842. The molecule has 9 rings (SSSR count). The molecule has 0 bridgehead atoms. The SMILES string of the molecule is C1=c2nc3cc4nc5ccccc5nc4cc3nc2=CCC1.c1ccc2nc3cc4nccnc4cc3nc2c1. The van der Waals surface area contributed by atoms with Crippen molar-refractivity contribution >= 4 is 78.4 Å². The van der Waals surface area contributed by atoms with Crippen molar-refractivity contribution in [3.63, 3.8) is 0 Å². The summed E-state index contributed by atoms with van der Waals surface area (Å²) in [7, 11) is 0. The van der Waals surface area contributed by atoms with Gasteiger partial charge in [0.25, 0.3) is 0 Å². The third-order valence-electron chi connectivity index (χ3n) is 6.95. The van der Waals surface area contributed by atoms with Crippen LogP contribution in [0.1, 0.15) is 12.8 Å². The highest BCUT2D eigenvalue weighted by Gasteiger charge is 2.07. The summed E-state index contributed by atoms with van der Waals surface area (Å²) in [6.07, 6.45) is 9.73. The molecule has 40 heavy (non-hydrogen) atoms. The minimum Gasteiger partial charge on any atom is -0.253 e. The lowest BCUT2D eigenvalue weighted by Crippen LogP contribution is -2.33. The van der Waals surface area contributed by atoms with E-state index in [1.165, 1.54) is 0 Å². The maximum atomic E-state index is 4.73. The fraction of sp³-hybridized carbons (Fsp3) is 0.0625. The number of fused-ring (bicyclic) bond motifs is 7. The smallest absolute Gasteiger partial charge is 0.0917 e. The van der Waals surface area contributed by atoms with Crippen molar-refractivity contribution in [2.75, 3.05) is 0 Å². The van der Waals surface area contributed by atoms with Crippen LogP contribution in [0.4, 0.5) is 0 Å². The van der Waals surface area contributed by atoms with E-state index < -0.39 is 0 Å². The van der Waals surface area contributed by atoms with Gasteiger partial charge in [0.2, 0.25) is 0 Å². The largest absolute Gasteiger partial charge is 0.253 e. The molecular weight excluding hydrogens is 496 g/mol. The Hall–Kier alpha value is -5.50. The van der Waals surface area contributed by atoms with Gasteiger partial charge in [-0.2, -0.15) is 0 Å². The third kappa shape index (κ3) is 3.94. The second-order valence-corrected chi connectivity index (χ2v) is 9.62. The zero-order valence-corrected chi connectivity index (χ0v) is 21.2. The number of aromatic nitrogens is 8. The summed E-state index contributed by atoms with van der Waals surface area (Å²) in [5.41, 5.74) is 10.5. The molecule has 4 aromatic carbocycles. The molecule has 0 N–H and O–H groups in total. The standard InChI is InChI=1S/C18H12N4.C14H8N4/c1-2-6-12-11(5-1)19-15-9-17-18(10-16(15)20-12)22-14-8-4-3-7-13(14)21-17;1-2-4-10-9(3-1)17-13-7-11-12(8-14(13)18-10)16-6-5-15-11/h1-2,5-10H,3-4H2;1-8H. The normalized spacial score (nSPS) is 12.7. The Morgan fingerprint density at radius 2 is 0.675 bits per heavy atom. The monoisotopic (exact) mass is 516 g/mol. The number of rotatable bonds is 0. The number of hydrogen-bond donors (Lipinski definition) is 0. The predicted molar refractivity (Wildman–Crippen MR) is 158 cm³/mol. The molecule has 0 amide bonds. The molecule has 1 aliphatic rings. The van der Waals surface area contributed by atoms with E-state index in [0.29, 0.717) is 0 Å². The highest BCUT2D eigenvalue weighted by Crippen LogP contribution is 2.21. The maximum absolute atomic E-state index is 4.73. The van der Waals surface area contributed by atoms with Gasteiger partial charge in [0.1, 0.15) is 0 Å². The summed E-state index contributed by atoms with van der Waals surface area (Å²) in [6, 6.07) is 23.6. The van der Waals surface area contributed by atoms with Crippen molar-refractivity contribution in [2.45, 2.75) is 12.8 Å². The molecule has 0 spiro atoms. The molecule has 4 aromatic heterocycles. The van der Waals surface area contributed by atoms with Gasteiger partial charge in [-0.1, -0.05) is 36.4 Å². The third-order valence-corrected chi connectivity index (χ3v) is 6.95. The van der Waals surface area contributed by atoms with Gasteiger partial charge in [0.15, 0.2) is 0 Å². The lowest BCUT2D eigenvalue weighted by atomic mass is 10.2. The van der Waals surface area contributed by atoms with E-state index in [1.807, 2.05) is 72.8 Å². The molecular formula is C32H20N8. The van der Waals surface area contributed by atoms with Crippen molar-refractivity contribution in [1.82, 2.24) is 39.9 Å². The van der Waals surface area contributed by atoms with Gasteiger partial charge in [-0.3, -0.25) is 9.97 Å². The van der Waals surface area contributed by atoms with Gasteiger partial charge in [0.05, 0.1) is 76.9 Å². The highest BCUT2D eigenvalue weighted by atomic mass is 14.8. The highest BCUT2D eigenvalue weighted by molar-refractivity contribution is 5.95. The number of hydrogen-bond acceptors (Lipinski definition) is 8. The van der Waals surface area contributed by atoms with Crippen LogP contribution in [0.25, 0.3) is 78.4 Å². The van der Waals surface area contributed by atoms with Gasteiger partial charge in [0, 0.05) is 12.4 Å². The van der Waals surface area contributed by atoms with Crippen LogP contribution in [0, 0.1) is 0 Å². The molecule has 1 aliphatic carbocycles. The average molecular weight is 517 g/mol. The Balaban J connectivity index is 0.000000125. The minimum absolute atomic E-state index is 0.842. The van der Waals surface area contributed by atoms with Crippen molar-refractivity contribution in [1.29, 1.82) is 0 Å². The van der Waals surface area contributed by atoms with E-state index in [2.05, 4.69) is 32.1 Å². The average Bonchev–Trinajstić information content (AvgIpc) is 3.00. The van der Waals surface area contributed by atoms with Gasteiger partial charge in [-0.25, -0.2) is 29.9 Å². The molecule has 0 saturated carbocycles. The van der Waals surface area contributed by atoms with Crippen LogP contribution < -0.4 is 10.7 Å². The first-order valence-corrected chi connectivity index (χ1v) is 13.1. The van der Waals surface area contributed by atoms with Gasteiger partial charge < -0.3 is 0 Å². The summed E-state index contributed by atoms with van der Waals surface area (Å²) in [5.74, 6) is 0. The van der Waals surface area contributed by atoms with Crippen molar-refractivity contribution in [3.8, 4) is 0 Å². The first-order chi connectivity index (χ1) is 19.8. The Morgan fingerprint density at radius 3 is 1.05 bits per heavy atom. The quantitative estimate of drug-likeness (QED) is 0.265. The van der Waals surface area contributed by atoms with Crippen LogP contribution in [0.2, 0.25) is 0 Å². The number of nitrogens with zero attached hydrogens (tertiary/aromatic N) is 8. The lowest BCUT2D eigenvalue weighted by molar-refractivity contribution is 1.05. The van der Waals surface area contributed by atoms with Crippen LogP contribution >= 0.6 is 0 Å². The van der Waals surface area contributed by atoms with Gasteiger partial charge in [-0.15, -0.1) is 0 Å². The Bertz CT molecular complexity index is 2170. The molecule has 4 heterocycles. The van der Waals surface area contributed by atoms with E-state index in [1.54, 1.807) is 12.4 Å². The lowest BCUT2D eigenvalue weighted by Gasteiger charge is -2.04. The molecule has 8 heteroatoms. The Morgan fingerprint density at radius 1 is 0.350 bits per heavy atom. The van der Waals surface area contributed by atoms with E-state index >= 15 is 0 Å². The van der Waals surface area contributed by atoms with E-state index in [4.69, 9.17) is 19.9 Å². The first kappa shape index (κ1) is 22.5. The fourth-order valence-corrected chi connectivity index (χ4v) is 5.02.